The zero-order chi connectivity index (χ0) is 15.6. The van der Waals surface area contributed by atoms with Gasteiger partial charge in [0.05, 0.1) is 36.5 Å². The molecule has 23 heavy (non-hydrogen) atoms. The fourth-order valence-corrected chi connectivity index (χ4v) is 3.20. The molecule has 2 atom stereocenters. The van der Waals surface area contributed by atoms with E-state index in [0.29, 0.717) is 49.5 Å². The summed E-state index contributed by atoms with van der Waals surface area (Å²) in [7, 11) is 0. The Balaban J connectivity index is 1.45. The third kappa shape index (κ3) is 2.99. The Labute approximate surface area is 138 Å². The number of halogens is 1. The average molecular weight is 337 g/mol. The maximum atomic E-state index is 6.27. The van der Waals surface area contributed by atoms with Crippen LogP contribution in [0.2, 0.25) is 5.02 Å². The first-order valence-corrected chi connectivity index (χ1v) is 7.94. The van der Waals surface area contributed by atoms with E-state index < -0.39 is 0 Å². The number of nitrogens with zero attached hydrogens (tertiary/aromatic N) is 3. The van der Waals surface area contributed by atoms with Crippen LogP contribution < -0.4 is 14.8 Å². The van der Waals surface area contributed by atoms with Gasteiger partial charge in [-0.05, 0) is 17.7 Å². The summed E-state index contributed by atoms with van der Waals surface area (Å²) >= 11 is 6.27. The molecule has 0 aliphatic carbocycles. The highest BCUT2D eigenvalue weighted by Crippen LogP contribution is 2.38. The van der Waals surface area contributed by atoms with Gasteiger partial charge in [0.1, 0.15) is 13.2 Å². The van der Waals surface area contributed by atoms with Crippen molar-refractivity contribution in [1.82, 2.24) is 20.3 Å². The first-order valence-electron chi connectivity index (χ1n) is 7.56. The molecule has 8 heteroatoms. The maximum absolute atomic E-state index is 6.27. The number of fused-ring (bicyclic) bond motifs is 1. The van der Waals surface area contributed by atoms with Crippen molar-refractivity contribution in [3.8, 4) is 11.5 Å². The third-order valence-corrected chi connectivity index (χ3v) is 4.34. The smallest absolute Gasteiger partial charge is 0.179 e. The molecule has 0 unspecified atom stereocenters. The molecule has 1 N–H and O–H groups in total. The summed E-state index contributed by atoms with van der Waals surface area (Å²) in [6, 6.07) is 4.18. The molecule has 3 heterocycles. The van der Waals surface area contributed by atoms with Gasteiger partial charge in [-0.1, -0.05) is 16.8 Å². The molecule has 0 amide bonds. The van der Waals surface area contributed by atoms with Crippen LogP contribution in [-0.4, -0.2) is 47.5 Å². The molecular formula is C15H17ClN4O3. The topological polar surface area (TPSA) is 70.4 Å². The Morgan fingerprint density at radius 1 is 1.26 bits per heavy atom. The van der Waals surface area contributed by atoms with Gasteiger partial charge in [-0.2, -0.15) is 0 Å². The van der Waals surface area contributed by atoms with E-state index in [-0.39, 0.29) is 12.1 Å². The van der Waals surface area contributed by atoms with Gasteiger partial charge in [0.25, 0.3) is 0 Å². The Kier molecular flexibility index (Phi) is 4.07. The van der Waals surface area contributed by atoms with Crippen molar-refractivity contribution in [2.75, 3.05) is 26.4 Å². The molecule has 4 rings (SSSR count). The molecule has 0 radical (unpaired) electrons. The van der Waals surface area contributed by atoms with Crippen LogP contribution in [0.25, 0.3) is 0 Å². The molecule has 0 bridgehead atoms. The van der Waals surface area contributed by atoms with E-state index in [4.69, 9.17) is 25.8 Å². The number of aromatic nitrogens is 3. The molecule has 1 aromatic heterocycles. The number of benzene rings is 1. The van der Waals surface area contributed by atoms with Crippen molar-refractivity contribution in [2.45, 2.75) is 18.6 Å². The standard InChI is InChI=1S/C15H17ClN4O3/c16-11-5-10(6-14-15(11)23-4-3-22-14)7-17-12-8-21-9-13(12)20-2-1-18-19-20/h1-2,5-6,12-13,17H,3-4,7-9H2/t12-,13+/m0/s1. The lowest BCUT2D eigenvalue weighted by Gasteiger charge is -2.22. The van der Waals surface area contributed by atoms with E-state index in [2.05, 4.69) is 15.6 Å². The number of nitrogens with one attached hydrogen (secondary N) is 1. The Hall–Kier alpha value is -1.83. The average Bonchev–Trinajstić information content (AvgIpc) is 3.24. The fourth-order valence-electron chi connectivity index (χ4n) is 2.91. The number of ether oxygens (including phenoxy) is 3. The van der Waals surface area contributed by atoms with Gasteiger partial charge < -0.3 is 19.5 Å². The predicted molar refractivity (Wildman–Crippen MR) is 82.9 cm³/mol. The van der Waals surface area contributed by atoms with Crippen molar-refractivity contribution >= 4 is 11.6 Å². The van der Waals surface area contributed by atoms with Crippen LogP contribution in [-0.2, 0) is 11.3 Å². The first kappa shape index (κ1) is 14.7. The second-order valence-electron chi connectivity index (χ2n) is 5.58. The molecule has 2 aromatic rings. The van der Waals surface area contributed by atoms with Gasteiger partial charge in [-0.25, -0.2) is 4.68 Å². The van der Waals surface area contributed by atoms with Gasteiger partial charge in [0.15, 0.2) is 11.5 Å². The monoisotopic (exact) mass is 336 g/mol. The summed E-state index contributed by atoms with van der Waals surface area (Å²) in [4.78, 5) is 0. The van der Waals surface area contributed by atoms with Crippen molar-refractivity contribution in [1.29, 1.82) is 0 Å². The van der Waals surface area contributed by atoms with E-state index in [0.717, 1.165) is 5.56 Å². The highest BCUT2D eigenvalue weighted by molar-refractivity contribution is 6.32. The SMILES string of the molecule is Clc1cc(CN[C@H]2COC[C@H]2n2ccnn2)cc2c1OCCO2. The molecular weight excluding hydrogens is 320 g/mol. The Morgan fingerprint density at radius 3 is 3.04 bits per heavy atom. The molecule has 0 saturated carbocycles. The van der Waals surface area contributed by atoms with Crippen LogP contribution in [0.4, 0.5) is 0 Å². The highest BCUT2D eigenvalue weighted by Gasteiger charge is 2.30. The minimum Gasteiger partial charge on any atom is -0.486 e. The van der Waals surface area contributed by atoms with Crippen LogP contribution >= 0.6 is 11.6 Å². The predicted octanol–water partition coefficient (Wildman–Crippen LogP) is 1.43. The van der Waals surface area contributed by atoms with Crippen molar-refractivity contribution in [2.24, 2.45) is 0 Å². The first-order chi connectivity index (χ1) is 11.3. The summed E-state index contributed by atoms with van der Waals surface area (Å²) in [5.74, 6) is 1.34. The van der Waals surface area contributed by atoms with E-state index in [1.807, 2.05) is 23.0 Å². The molecule has 7 nitrogen and oxygen atoms in total. The van der Waals surface area contributed by atoms with Gasteiger partial charge in [-0.3, -0.25) is 0 Å². The van der Waals surface area contributed by atoms with Gasteiger partial charge in [0.2, 0.25) is 0 Å². The van der Waals surface area contributed by atoms with Gasteiger partial charge in [-0.15, -0.1) is 5.10 Å². The quantitative estimate of drug-likeness (QED) is 0.911. The lowest BCUT2D eigenvalue weighted by Crippen LogP contribution is -2.36. The van der Waals surface area contributed by atoms with Crippen LogP contribution in [0.15, 0.2) is 24.5 Å². The highest BCUT2D eigenvalue weighted by atomic mass is 35.5. The van der Waals surface area contributed by atoms with Gasteiger partial charge in [0, 0.05) is 12.7 Å². The summed E-state index contributed by atoms with van der Waals surface area (Å²) in [6.07, 6.45) is 3.53. The minimum absolute atomic E-state index is 0.144. The number of hydrogen-bond acceptors (Lipinski definition) is 6. The van der Waals surface area contributed by atoms with Crippen LogP contribution in [0, 0.1) is 0 Å². The summed E-state index contributed by atoms with van der Waals surface area (Å²) < 4.78 is 18.6. The van der Waals surface area contributed by atoms with Crippen molar-refractivity contribution in [3.05, 3.63) is 35.1 Å². The lowest BCUT2D eigenvalue weighted by atomic mass is 10.1. The summed E-state index contributed by atoms with van der Waals surface area (Å²) in [5.41, 5.74) is 1.04. The zero-order valence-electron chi connectivity index (χ0n) is 12.4. The molecule has 1 aromatic carbocycles. The maximum Gasteiger partial charge on any atom is 0.179 e. The van der Waals surface area contributed by atoms with Crippen LogP contribution in [0.3, 0.4) is 0 Å². The molecule has 122 valence electrons. The van der Waals surface area contributed by atoms with E-state index >= 15 is 0 Å². The van der Waals surface area contributed by atoms with Gasteiger partial charge >= 0.3 is 0 Å². The zero-order valence-corrected chi connectivity index (χ0v) is 13.2. The minimum atomic E-state index is 0.144. The van der Waals surface area contributed by atoms with Crippen LogP contribution in [0.5, 0.6) is 11.5 Å². The van der Waals surface area contributed by atoms with E-state index in [9.17, 15) is 0 Å². The lowest BCUT2D eigenvalue weighted by molar-refractivity contribution is 0.171. The Morgan fingerprint density at radius 2 is 2.17 bits per heavy atom. The summed E-state index contributed by atoms with van der Waals surface area (Å²) in [6.45, 7) is 3.01. The molecule has 0 spiro atoms. The largest absolute Gasteiger partial charge is 0.486 e. The van der Waals surface area contributed by atoms with Crippen molar-refractivity contribution in [3.63, 3.8) is 0 Å². The molecule has 1 fully saturated rings. The number of rotatable bonds is 4. The molecule has 2 aliphatic heterocycles. The number of hydrogen-bond donors (Lipinski definition) is 1. The second kappa shape index (κ2) is 6.35. The molecule has 1 saturated heterocycles. The van der Waals surface area contributed by atoms with E-state index in [1.165, 1.54) is 0 Å². The second-order valence-corrected chi connectivity index (χ2v) is 5.98. The van der Waals surface area contributed by atoms with Crippen LogP contribution in [0.1, 0.15) is 11.6 Å². The third-order valence-electron chi connectivity index (χ3n) is 4.06. The fraction of sp³-hybridized carbons (Fsp3) is 0.467. The van der Waals surface area contributed by atoms with E-state index in [1.54, 1.807) is 6.20 Å². The Bertz CT molecular complexity index is 680. The molecule has 2 aliphatic rings. The normalized spacial score (nSPS) is 23.2. The van der Waals surface area contributed by atoms with Crippen molar-refractivity contribution < 1.29 is 14.2 Å². The summed E-state index contributed by atoms with van der Waals surface area (Å²) in [5, 5.41) is 12.0.